The molecule has 0 N–H and O–H groups in total. The second kappa shape index (κ2) is 5.32. The minimum atomic E-state index is -0.237. The first-order chi connectivity index (χ1) is 7.82. The number of benzene rings is 1. The van der Waals surface area contributed by atoms with E-state index in [4.69, 9.17) is 4.74 Å². The Kier molecular flexibility index (Phi) is 4.29. The van der Waals surface area contributed by atoms with Gasteiger partial charge in [-0.3, -0.25) is 4.79 Å². The molecule has 2 unspecified atom stereocenters. The number of quaternary nitrogens is 1. The first-order valence-corrected chi connectivity index (χ1v) is 5.85. The lowest BCUT2D eigenvalue weighted by Gasteiger charge is -2.36. The summed E-state index contributed by atoms with van der Waals surface area (Å²) in [6.07, 6.45) is -0.200. The van der Waals surface area contributed by atoms with E-state index in [-0.39, 0.29) is 18.1 Å². The van der Waals surface area contributed by atoms with Crippen LogP contribution in [0.4, 0.5) is 0 Å². The monoisotopic (exact) mass is 236 g/mol. The van der Waals surface area contributed by atoms with Crippen molar-refractivity contribution in [2.24, 2.45) is 0 Å². The lowest BCUT2D eigenvalue weighted by molar-refractivity contribution is -0.898. The molecule has 0 aliphatic rings. The summed E-state index contributed by atoms with van der Waals surface area (Å²) >= 11 is 0. The highest BCUT2D eigenvalue weighted by Crippen LogP contribution is 2.26. The number of hydrogen-bond donors (Lipinski definition) is 0. The zero-order valence-electron chi connectivity index (χ0n) is 11.3. The maximum atomic E-state index is 11.2. The molecule has 0 amide bonds. The lowest BCUT2D eigenvalue weighted by atomic mass is 10.0. The van der Waals surface area contributed by atoms with Gasteiger partial charge in [-0.25, -0.2) is 0 Å². The molecule has 0 aliphatic heterocycles. The zero-order chi connectivity index (χ0) is 13.1. The molecule has 1 aromatic carbocycles. The van der Waals surface area contributed by atoms with Gasteiger partial charge >= 0.3 is 5.97 Å². The topological polar surface area (TPSA) is 26.3 Å². The zero-order valence-corrected chi connectivity index (χ0v) is 11.3. The van der Waals surface area contributed by atoms with E-state index in [0.29, 0.717) is 0 Å². The molecule has 3 heteroatoms. The number of ether oxygens (including phenoxy) is 1. The summed E-state index contributed by atoms with van der Waals surface area (Å²) in [5, 5.41) is 0. The lowest BCUT2D eigenvalue weighted by Crippen LogP contribution is -2.47. The Morgan fingerprint density at radius 1 is 1.18 bits per heavy atom. The molecule has 0 aromatic heterocycles. The predicted octanol–water partition coefficient (Wildman–Crippen LogP) is 2.39. The fraction of sp³-hybridized carbons (Fsp3) is 0.500. The van der Waals surface area contributed by atoms with Gasteiger partial charge in [-0.1, -0.05) is 30.3 Å². The van der Waals surface area contributed by atoms with Gasteiger partial charge in [0.15, 0.2) is 6.10 Å². The third-order valence-electron chi connectivity index (χ3n) is 3.08. The van der Waals surface area contributed by atoms with Crippen molar-refractivity contribution in [1.29, 1.82) is 0 Å². The van der Waals surface area contributed by atoms with Crippen LogP contribution in [-0.4, -0.2) is 37.6 Å². The standard InChI is InChI=1S/C14H22NO2/c1-11(15(3,4)5)14(17-12(2)16)13-9-7-6-8-10-13/h6-11,14H,1-5H3/q+1. The van der Waals surface area contributed by atoms with Crippen LogP contribution in [0.2, 0.25) is 0 Å². The maximum absolute atomic E-state index is 11.2. The molecule has 0 aliphatic carbocycles. The third-order valence-corrected chi connectivity index (χ3v) is 3.08. The van der Waals surface area contributed by atoms with Crippen molar-refractivity contribution >= 4 is 5.97 Å². The van der Waals surface area contributed by atoms with Gasteiger partial charge in [-0.05, 0) is 12.5 Å². The normalized spacial score (nSPS) is 15.1. The Balaban J connectivity index is 3.00. The van der Waals surface area contributed by atoms with Crippen LogP contribution in [0.25, 0.3) is 0 Å². The van der Waals surface area contributed by atoms with Crippen LogP contribution in [0.5, 0.6) is 0 Å². The number of carbonyl (C=O) groups excluding carboxylic acids is 1. The quantitative estimate of drug-likeness (QED) is 0.592. The Morgan fingerprint density at radius 3 is 2.12 bits per heavy atom. The molecule has 94 valence electrons. The van der Waals surface area contributed by atoms with Crippen LogP contribution in [0.15, 0.2) is 30.3 Å². The van der Waals surface area contributed by atoms with E-state index < -0.39 is 0 Å². The molecule has 2 atom stereocenters. The fourth-order valence-electron chi connectivity index (χ4n) is 1.67. The van der Waals surface area contributed by atoms with Crippen LogP contribution in [0.3, 0.4) is 0 Å². The number of rotatable bonds is 4. The number of likely N-dealkylation sites (N-methyl/N-ethyl adjacent to an activating group) is 1. The van der Waals surface area contributed by atoms with Crippen LogP contribution >= 0.6 is 0 Å². The van der Waals surface area contributed by atoms with E-state index >= 15 is 0 Å². The number of carbonyl (C=O) groups is 1. The van der Waals surface area contributed by atoms with Gasteiger partial charge in [-0.15, -0.1) is 0 Å². The smallest absolute Gasteiger partial charge is 0.303 e. The van der Waals surface area contributed by atoms with E-state index in [0.717, 1.165) is 10.0 Å². The van der Waals surface area contributed by atoms with E-state index in [2.05, 4.69) is 28.1 Å². The van der Waals surface area contributed by atoms with Crippen molar-refractivity contribution < 1.29 is 14.0 Å². The van der Waals surface area contributed by atoms with E-state index in [1.165, 1.54) is 6.92 Å². The molecular weight excluding hydrogens is 214 g/mol. The van der Waals surface area contributed by atoms with E-state index in [1.807, 2.05) is 30.3 Å². The number of esters is 1. The molecule has 0 bridgehead atoms. The minimum absolute atomic E-state index is 0.196. The van der Waals surface area contributed by atoms with Crippen molar-refractivity contribution in [1.82, 2.24) is 0 Å². The van der Waals surface area contributed by atoms with Gasteiger partial charge in [0.2, 0.25) is 0 Å². The van der Waals surface area contributed by atoms with Crippen molar-refractivity contribution in [2.45, 2.75) is 26.0 Å². The van der Waals surface area contributed by atoms with Crippen molar-refractivity contribution in [3.05, 3.63) is 35.9 Å². The Morgan fingerprint density at radius 2 is 1.71 bits per heavy atom. The van der Waals surface area contributed by atoms with Crippen molar-refractivity contribution in [2.75, 3.05) is 21.1 Å². The highest BCUT2D eigenvalue weighted by atomic mass is 16.5. The fourth-order valence-corrected chi connectivity index (χ4v) is 1.67. The van der Waals surface area contributed by atoms with Crippen LogP contribution < -0.4 is 0 Å². The predicted molar refractivity (Wildman–Crippen MR) is 68.4 cm³/mol. The summed E-state index contributed by atoms with van der Waals surface area (Å²) in [6, 6.07) is 10.1. The molecule has 1 aromatic rings. The van der Waals surface area contributed by atoms with E-state index in [9.17, 15) is 4.79 Å². The van der Waals surface area contributed by atoms with E-state index in [1.54, 1.807) is 0 Å². The Hall–Kier alpha value is -1.35. The van der Waals surface area contributed by atoms with Crippen molar-refractivity contribution in [3.63, 3.8) is 0 Å². The van der Waals surface area contributed by atoms with Crippen LogP contribution in [0.1, 0.15) is 25.5 Å². The van der Waals surface area contributed by atoms with Crippen LogP contribution in [0, 0.1) is 0 Å². The molecular formula is C14H22NO2+. The molecule has 0 saturated heterocycles. The average molecular weight is 236 g/mol. The van der Waals surface area contributed by atoms with Gasteiger partial charge in [0.25, 0.3) is 0 Å². The summed E-state index contributed by atoms with van der Waals surface area (Å²) in [6.45, 7) is 3.55. The number of nitrogens with zero attached hydrogens (tertiary/aromatic N) is 1. The molecule has 0 radical (unpaired) electrons. The maximum Gasteiger partial charge on any atom is 0.303 e. The Bertz CT molecular complexity index is 368. The van der Waals surface area contributed by atoms with Gasteiger partial charge in [0, 0.05) is 6.92 Å². The third kappa shape index (κ3) is 3.86. The second-order valence-electron chi connectivity index (χ2n) is 5.30. The average Bonchev–Trinajstić information content (AvgIpc) is 2.24. The molecule has 0 saturated carbocycles. The van der Waals surface area contributed by atoms with Gasteiger partial charge in [-0.2, -0.15) is 0 Å². The minimum Gasteiger partial charge on any atom is -0.451 e. The molecule has 0 heterocycles. The highest BCUT2D eigenvalue weighted by molar-refractivity contribution is 5.66. The summed E-state index contributed by atoms with van der Waals surface area (Å²) in [4.78, 5) is 11.2. The highest BCUT2D eigenvalue weighted by Gasteiger charge is 2.32. The largest absolute Gasteiger partial charge is 0.451 e. The molecule has 0 spiro atoms. The molecule has 0 fully saturated rings. The van der Waals surface area contributed by atoms with Gasteiger partial charge in [0.1, 0.15) is 6.04 Å². The summed E-state index contributed by atoms with van der Waals surface area (Å²) in [7, 11) is 6.30. The summed E-state index contributed by atoms with van der Waals surface area (Å²) < 4.78 is 6.21. The Labute approximate surface area is 104 Å². The van der Waals surface area contributed by atoms with Gasteiger partial charge in [0.05, 0.1) is 21.1 Å². The van der Waals surface area contributed by atoms with Gasteiger partial charge < -0.3 is 9.22 Å². The molecule has 1 rings (SSSR count). The first kappa shape index (κ1) is 13.7. The van der Waals surface area contributed by atoms with Crippen LogP contribution in [-0.2, 0) is 9.53 Å². The summed E-state index contributed by atoms with van der Waals surface area (Å²) in [5.41, 5.74) is 1.04. The molecule has 3 nitrogen and oxygen atoms in total. The van der Waals surface area contributed by atoms with Crippen molar-refractivity contribution in [3.8, 4) is 0 Å². The second-order valence-corrected chi connectivity index (χ2v) is 5.30. The summed E-state index contributed by atoms with van der Waals surface area (Å²) in [5.74, 6) is -0.237. The first-order valence-electron chi connectivity index (χ1n) is 5.85. The molecule has 17 heavy (non-hydrogen) atoms. The number of hydrogen-bond acceptors (Lipinski definition) is 2. The SMILES string of the molecule is CC(=O)OC(c1ccccc1)C(C)[N+](C)(C)C.